The van der Waals surface area contributed by atoms with E-state index in [2.05, 4.69) is 18.3 Å². The fraction of sp³-hybridized carbons (Fsp3) is 0.583. The lowest BCUT2D eigenvalue weighted by Crippen LogP contribution is -2.47. The zero-order valence-corrected chi connectivity index (χ0v) is 11.4. The highest BCUT2D eigenvalue weighted by atomic mass is 32.2. The molecule has 0 aliphatic carbocycles. The van der Waals surface area contributed by atoms with Gasteiger partial charge in [-0.15, -0.1) is 11.3 Å². The van der Waals surface area contributed by atoms with Crippen molar-refractivity contribution in [2.75, 3.05) is 18.1 Å². The summed E-state index contributed by atoms with van der Waals surface area (Å²) >= 11 is 3.33. The summed E-state index contributed by atoms with van der Waals surface area (Å²) in [6.07, 6.45) is 0.566. The van der Waals surface area contributed by atoms with Crippen LogP contribution < -0.4 is 5.32 Å². The number of thiophene rings is 1. The SMILES string of the molecule is CC(CNC(=O)C1(O)CCSC1)c1cccs1. The van der Waals surface area contributed by atoms with Gasteiger partial charge in [0.25, 0.3) is 5.91 Å². The van der Waals surface area contributed by atoms with Crippen LogP contribution in [0.2, 0.25) is 0 Å². The molecule has 1 aliphatic rings. The molecule has 2 unspecified atom stereocenters. The van der Waals surface area contributed by atoms with Gasteiger partial charge in [0.05, 0.1) is 0 Å². The Kier molecular flexibility index (Phi) is 4.12. The summed E-state index contributed by atoms with van der Waals surface area (Å²) in [6.45, 7) is 2.67. The van der Waals surface area contributed by atoms with Crippen molar-refractivity contribution in [1.29, 1.82) is 0 Å². The number of amides is 1. The van der Waals surface area contributed by atoms with Gasteiger partial charge in [0.2, 0.25) is 0 Å². The average molecular weight is 271 g/mol. The Morgan fingerprint density at radius 2 is 2.53 bits per heavy atom. The Labute approximate surface area is 110 Å². The second-order valence-electron chi connectivity index (χ2n) is 4.46. The van der Waals surface area contributed by atoms with Crippen LogP contribution in [0.15, 0.2) is 17.5 Å². The van der Waals surface area contributed by atoms with Crippen molar-refractivity contribution in [2.45, 2.75) is 24.9 Å². The van der Waals surface area contributed by atoms with E-state index >= 15 is 0 Å². The van der Waals surface area contributed by atoms with E-state index in [4.69, 9.17) is 0 Å². The molecule has 5 heteroatoms. The number of carbonyl (C=O) groups is 1. The third kappa shape index (κ3) is 3.03. The van der Waals surface area contributed by atoms with E-state index in [1.807, 2.05) is 11.4 Å². The number of hydrogen-bond donors (Lipinski definition) is 2. The molecule has 0 aromatic carbocycles. The van der Waals surface area contributed by atoms with Crippen LogP contribution in [0.5, 0.6) is 0 Å². The number of aliphatic hydroxyl groups is 1. The Hall–Kier alpha value is -0.520. The molecule has 2 rings (SSSR count). The fourth-order valence-corrected chi connectivity index (χ4v) is 3.84. The Morgan fingerprint density at radius 3 is 3.12 bits per heavy atom. The van der Waals surface area contributed by atoms with E-state index in [0.29, 0.717) is 24.6 Å². The van der Waals surface area contributed by atoms with Gasteiger partial charge in [-0.1, -0.05) is 13.0 Å². The van der Waals surface area contributed by atoms with Crippen LogP contribution in [-0.2, 0) is 4.79 Å². The van der Waals surface area contributed by atoms with Gasteiger partial charge in [0, 0.05) is 23.1 Å². The number of carbonyl (C=O) groups excluding carboxylic acids is 1. The normalized spacial score (nSPS) is 25.8. The number of hydrogen-bond acceptors (Lipinski definition) is 4. The fourth-order valence-electron chi connectivity index (χ4n) is 1.82. The molecule has 1 aliphatic heterocycles. The van der Waals surface area contributed by atoms with Gasteiger partial charge >= 0.3 is 0 Å². The summed E-state index contributed by atoms with van der Waals surface area (Å²) in [7, 11) is 0. The van der Waals surface area contributed by atoms with Crippen molar-refractivity contribution in [1.82, 2.24) is 5.32 Å². The van der Waals surface area contributed by atoms with E-state index in [1.165, 1.54) is 4.88 Å². The minimum Gasteiger partial charge on any atom is -0.379 e. The van der Waals surface area contributed by atoms with Gasteiger partial charge in [-0.3, -0.25) is 4.79 Å². The van der Waals surface area contributed by atoms with E-state index in [-0.39, 0.29) is 5.91 Å². The summed E-state index contributed by atoms with van der Waals surface area (Å²) in [5, 5.41) is 15.0. The molecule has 3 nitrogen and oxygen atoms in total. The highest BCUT2D eigenvalue weighted by Crippen LogP contribution is 2.28. The van der Waals surface area contributed by atoms with Gasteiger partial charge in [-0.2, -0.15) is 11.8 Å². The molecule has 2 atom stereocenters. The number of rotatable bonds is 4. The van der Waals surface area contributed by atoms with Gasteiger partial charge in [0.1, 0.15) is 0 Å². The number of nitrogens with one attached hydrogen (secondary N) is 1. The average Bonchev–Trinajstić information content (AvgIpc) is 2.96. The summed E-state index contributed by atoms with van der Waals surface area (Å²) in [5.74, 6) is 1.47. The lowest BCUT2D eigenvalue weighted by molar-refractivity contribution is -0.137. The summed E-state index contributed by atoms with van der Waals surface area (Å²) in [4.78, 5) is 13.1. The molecule has 1 fully saturated rings. The van der Waals surface area contributed by atoms with Crippen LogP contribution >= 0.6 is 23.1 Å². The smallest absolute Gasteiger partial charge is 0.252 e. The number of thioether (sulfide) groups is 1. The standard InChI is InChI=1S/C12H17NO2S2/c1-9(10-3-2-5-17-10)7-13-11(14)12(15)4-6-16-8-12/h2-3,5,9,15H,4,6-8H2,1H3,(H,13,14). The molecule has 2 N–H and O–H groups in total. The largest absolute Gasteiger partial charge is 0.379 e. The first-order valence-corrected chi connectivity index (χ1v) is 7.77. The zero-order valence-electron chi connectivity index (χ0n) is 9.81. The van der Waals surface area contributed by atoms with Crippen LogP contribution in [0.1, 0.15) is 24.1 Å². The van der Waals surface area contributed by atoms with E-state index in [1.54, 1.807) is 23.1 Å². The minimum atomic E-state index is -1.14. The molecule has 0 radical (unpaired) electrons. The molecular formula is C12H17NO2S2. The first kappa shape index (κ1) is 12.9. The summed E-state index contributed by atoms with van der Waals surface area (Å²) in [6, 6.07) is 4.08. The first-order valence-electron chi connectivity index (χ1n) is 5.74. The lowest BCUT2D eigenvalue weighted by atomic mass is 10.0. The van der Waals surface area contributed by atoms with Gasteiger partial charge in [0.15, 0.2) is 5.60 Å². The van der Waals surface area contributed by atoms with E-state index in [0.717, 1.165) is 5.75 Å². The third-order valence-electron chi connectivity index (χ3n) is 3.02. The lowest BCUT2D eigenvalue weighted by Gasteiger charge is -2.21. The molecule has 17 heavy (non-hydrogen) atoms. The second-order valence-corrected chi connectivity index (χ2v) is 6.55. The molecule has 2 heterocycles. The predicted molar refractivity (Wildman–Crippen MR) is 72.6 cm³/mol. The van der Waals surface area contributed by atoms with Crippen LogP contribution in [0, 0.1) is 0 Å². The predicted octanol–water partition coefficient (Wildman–Crippen LogP) is 1.84. The van der Waals surface area contributed by atoms with Crippen molar-refractivity contribution in [2.24, 2.45) is 0 Å². The summed E-state index contributed by atoms with van der Waals surface area (Å²) in [5.41, 5.74) is -1.14. The quantitative estimate of drug-likeness (QED) is 0.878. The maximum Gasteiger partial charge on any atom is 0.252 e. The highest BCUT2D eigenvalue weighted by Gasteiger charge is 2.39. The van der Waals surface area contributed by atoms with Crippen LogP contribution in [0.3, 0.4) is 0 Å². The van der Waals surface area contributed by atoms with E-state index < -0.39 is 5.60 Å². The van der Waals surface area contributed by atoms with Gasteiger partial charge < -0.3 is 10.4 Å². The van der Waals surface area contributed by atoms with Crippen molar-refractivity contribution in [3.8, 4) is 0 Å². The van der Waals surface area contributed by atoms with E-state index in [9.17, 15) is 9.90 Å². The zero-order chi connectivity index (χ0) is 12.3. The second kappa shape index (κ2) is 5.42. The monoisotopic (exact) mass is 271 g/mol. The molecule has 0 spiro atoms. The van der Waals surface area contributed by atoms with Crippen LogP contribution in [0.25, 0.3) is 0 Å². The molecule has 1 amide bonds. The Balaban J connectivity index is 1.84. The maximum absolute atomic E-state index is 11.9. The first-order chi connectivity index (χ1) is 8.12. The van der Waals surface area contributed by atoms with Gasteiger partial charge in [-0.05, 0) is 23.6 Å². The molecule has 94 valence electrons. The Morgan fingerprint density at radius 1 is 1.71 bits per heavy atom. The van der Waals surface area contributed by atoms with Crippen molar-refractivity contribution < 1.29 is 9.90 Å². The summed E-state index contributed by atoms with van der Waals surface area (Å²) < 4.78 is 0. The molecule has 1 saturated heterocycles. The van der Waals surface area contributed by atoms with Crippen molar-refractivity contribution >= 4 is 29.0 Å². The molecule has 1 aromatic rings. The van der Waals surface area contributed by atoms with Crippen LogP contribution in [-0.4, -0.2) is 34.7 Å². The maximum atomic E-state index is 11.9. The minimum absolute atomic E-state index is 0.217. The Bertz CT molecular complexity index is 372. The molecule has 1 aromatic heterocycles. The molecular weight excluding hydrogens is 254 g/mol. The van der Waals surface area contributed by atoms with Gasteiger partial charge in [-0.25, -0.2) is 0 Å². The highest BCUT2D eigenvalue weighted by molar-refractivity contribution is 7.99. The third-order valence-corrected chi connectivity index (χ3v) is 5.30. The molecule has 0 saturated carbocycles. The topological polar surface area (TPSA) is 49.3 Å². The molecule has 0 bridgehead atoms. The van der Waals surface area contributed by atoms with Crippen molar-refractivity contribution in [3.63, 3.8) is 0 Å². The van der Waals surface area contributed by atoms with Crippen molar-refractivity contribution in [3.05, 3.63) is 22.4 Å². The van der Waals surface area contributed by atoms with Crippen LogP contribution in [0.4, 0.5) is 0 Å².